The van der Waals surface area contributed by atoms with Gasteiger partial charge in [0.2, 0.25) is 0 Å². The molecule has 1 aliphatic rings. The van der Waals surface area contributed by atoms with Gasteiger partial charge < -0.3 is 5.32 Å². The second-order valence-corrected chi connectivity index (χ2v) is 15.5. The maximum absolute atomic E-state index is 13.4. The Morgan fingerprint density at radius 1 is 0.562 bits per heavy atom. The van der Waals surface area contributed by atoms with Crippen molar-refractivity contribution in [2.75, 3.05) is 7.05 Å². The van der Waals surface area contributed by atoms with Crippen LogP contribution in [0.4, 0.5) is 0 Å². The van der Waals surface area contributed by atoms with E-state index in [2.05, 4.69) is 62.7 Å². The zero-order chi connectivity index (χ0) is 34.6. The van der Waals surface area contributed by atoms with Crippen LogP contribution in [0.5, 0.6) is 0 Å². The summed E-state index contributed by atoms with van der Waals surface area (Å²) < 4.78 is 0. The van der Waals surface area contributed by atoms with Crippen molar-refractivity contribution in [3.05, 3.63) is 36.5 Å². The molecule has 48 heavy (non-hydrogen) atoms. The lowest BCUT2D eigenvalue weighted by Crippen LogP contribution is -2.34. The van der Waals surface area contributed by atoms with E-state index in [1.54, 1.807) is 0 Å². The van der Waals surface area contributed by atoms with Gasteiger partial charge in [-0.05, 0) is 90.0 Å². The van der Waals surface area contributed by atoms with Crippen molar-refractivity contribution in [2.45, 2.75) is 232 Å². The third-order valence-electron chi connectivity index (χ3n) is 11.0. The monoisotopic (exact) mass is 668 g/mol. The van der Waals surface area contributed by atoms with Crippen LogP contribution in [0.15, 0.2) is 36.5 Å². The second kappa shape index (κ2) is 35.7. The number of unbranched alkanes of at least 4 members (excludes halogenated alkanes) is 21. The van der Waals surface area contributed by atoms with E-state index in [4.69, 9.17) is 0 Å². The Morgan fingerprint density at radius 2 is 0.979 bits per heavy atom. The first kappa shape index (κ1) is 44.9. The minimum absolute atomic E-state index is 0.314. The summed E-state index contributed by atoms with van der Waals surface area (Å²) in [6, 6.07) is 0.551. The first-order valence-electron chi connectivity index (χ1n) is 21.9. The smallest absolute Gasteiger partial charge is 0.136 e. The van der Waals surface area contributed by atoms with Crippen LogP contribution in [0.1, 0.15) is 226 Å². The van der Waals surface area contributed by atoms with E-state index in [-0.39, 0.29) is 0 Å². The SMILES string of the molecule is CCCCC/C=C\C/C=C\CCCCCCCCC(CCCCCCCC/C=C\CCCCCCCC)CC(=O)C1CCCC(NC)C1. The molecule has 0 aromatic carbocycles. The van der Waals surface area contributed by atoms with Crippen LogP contribution < -0.4 is 5.32 Å². The number of allylic oxidation sites excluding steroid dienone is 6. The molecule has 0 aromatic rings. The lowest BCUT2D eigenvalue weighted by molar-refractivity contribution is -0.125. The highest BCUT2D eigenvalue weighted by atomic mass is 16.1. The summed E-state index contributed by atoms with van der Waals surface area (Å²) in [5.41, 5.74) is 0. The topological polar surface area (TPSA) is 29.1 Å². The predicted octanol–water partition coefficient (Wildman–Crippen LogP) is 15.0. The summed E-state index contributed by atoms with van der Waals surface area (Å²) >= 11 is 0. The van der Waals surface area contributed by atoms with Gasteiger partial charge in [-0.25, -0.2) is 0 Å². The lowest BCUT2D eigenvalue weighted by atomic mass is 9.79. The normalized spacial score (nSPS) is 17.7. The van der Waals surface area contributed by atoms with E-state index in [0.29, 0.717) is 23.7 Å². The van der Waals surface area contributed by atoms with E-state index in [1.807, 2.05) is 0 Å². The molecule has 0 aliphatic heterocycles. The molecular weight excluding hydrogens is 583 g/mol. The molecule has 1 rings (SSSR count). The number of carbonyl (C=O) groups is 1. The van der Waals surface area contributed by atoms with Crippen LogP contribution in [-0.4, -0.2) is 18.9 Å². The van der Waals surface area contributed by atoms with Gasteiger partial charge in [-0.3, -0.25) is 4.79 Å². The molecule has 1 N–H and O–H groups in total. The molecule has 0 heterocycles. The Morgan fingerprint density at radius 3 is 1.48 bits per heavy atom. The summed E-state index contributed by atoms with van der Waals surface area (Å²) in [6.07, 6.45) is 57.1. The van der Waals surface area contributed by atoms with Crippen molar-refractivity contribution in [2.24, 2.45) is 11.8 Å². The molecule has 0 radical (unpaired) electrons. The Hall–Kier alpha value is -1.15. The van der Waals surface area contributed by atoms with Crippen LogP contribution in [0.2, 0.25) is 0 Å². The van der Waals surface area contributed by atoms with E-state index in [0.717, 1.165) is 25.7 Å². The van der Waals surface area contributed by atoms with E-state index in [9.17, 15) is 4.79 Å². The first-order chi connectivity index (χ1) is 23.7. The molecular formula is C46H85NO. The van der Waals surface area contributed by atoms with Crippen molar-refractivity contribution in [3.63, 3.8) is 0 Å². The highest BCUT2D eigenvalue weighted by Crippen LogP contribution is 2.30. The summed E-state index contributed by atoms with van der Waals surface area (Å²) in [6.45, 7) is 4.56. The Labute approximate surface area is 302 Å². The van der Waals surface area contributed by atoms with Crippen LogP contribution in [-0.2, 0) is 4.79 Å². The molecule has 1 aliphatic carbocycles. The zero-order valence-corrected chi connectivity index (χ0v) is 32.9. The van der Waals surface area contributed by atoms with Crippen molar-refractivity contribution in [1.29, 1.82) is 0 Å². The third-order valence-corrected chi connectivity index (χ3v) is 11.0. The van der Waals surface area contributed by atoms with Gasteiger partial charge in [0.1, 0.15) is 5.78 Å². The number of ketones is 1. The lowest BCUT2D eigenvalue weighted by Gasteiger charge is -2.29. The Kier molecular flexibility index (Phi) is 33.3. The van der Waals surface area contributed by atoms with Gasteiger partial charge in [-0.2, -0.15) is 0 Å². The number of rotatable bonds is 35. The highest BCUT2D eigenvalue weighted by molar-refractivity contribution is 5.81. The molecule has 280 valence electrons. The largest absolute Gasteiger partial charge is 0.317 e. The predicted molar refractivity (Wildman–Crippen MR) is 216 cm³/mol. The average molecular weight is 668 g/mol. The third kappa shape index (κ3) is 28.7. The maximum atomic E-state index is 13.4. The summed E-state index contributed by atoms with van der Waals surface area (Å²) in [5, 5.41) is 3.45. The summed E-state index contributed by atoms with van der Waals surface area (Å²) in [7, 11) is 2.07. The van der Waals surface area contributed by atoms with Gasteiger partial charge >= 0.3 is 0 Å². The van der Waals surface area contributed by atoms with Crippen molar-refractivity contribution in [3.8, 4) is 0 Å². The summed E-state index contributed by atoms with van der Waals surface area (Å²) in [5.74, 6) is 1.52. The number of carbonyl (C=O) groups excluding carboxylic acids is 1. The second-order valence-electron chi connectivity index (χ2n) is 15.5. The molecule has 0 saturated heterocycles. The van der Waals surface area contributed by atoms with Gasteiger partial charge in [-0.15, -0.1) is 0 Å². The molecule has 1 fully saturated rings. The quantitative estimate of drug-likeness (QED) is 0.0538. The minimum Gasteiger partial charge on any atom is -0.317 e. The summed E-state index contributed by atoms with van der Waals surface area (Å²) in [4.78, 5) is 13.4. The average Bonchev–Trinajstić information content (AvgIpc) is 3.11. The van der Waals surface area contributed by atoms with Crippen LogP contribution in [0.25, 0.3) is 0 Å². The van der Waals surface area contributed by atoms with Crippen molar-refractivity contribution in [1.82, 2.24) is 5.32 Å². The van der Waals surface area contributed by atoms with Gasteiger partial charge in [0.05, 0.1) is 0 Å². The van der Waals surface area contributed by atoms with Crippen molar-refractivity contribution < 1.29 is 4.79 Å². The molecule has 0 bridgehead atoms. The molecule has 0 amide bonds. The number of Topliss-reactive ketones (excluding diaryl/α,β-unsaturated/α-hetero) is 1. The molecule has 3 atom stereocenters. The minimum atomic E-state index is 0.314. The molecule has 0 spiro atoms. The fraction of sp³-hybridized carbons (Fsp3) is 0.848. The number of hydrogen-bond acceptors (Lipinski definition) is 2. The van der Waals surface area contributed by atoms with Crippen LogP contribution in [0, 0.1) is 11.8 Å². The van der Waals surface area contributed by atoms with E-state index < -0.39 is 0 Å². The van der Waals surface area contributed by atoms with Gasteiger partial charge in [0.25, 0.3) is 0 Å². The van der Waals surface area contributed by atoms with E-state index >= 15 is 0 Å². The molecule has 3 unspecified atom stereocenters. The van der Waals surface area contributed by atoms with Gasteiger partial charge in [-0.1, -0.05) is 179 Å². The molecule has 2 nitrogen and oxygen atoms in total. The van der Waals surface area contributed by atoms with Crippen molar-refractivity contribution >= 4 is 5.78 Å². The number of nitrogens with one attached hydrogen (secondary N) is 1. The molecule has 0 aromatic heterocycles. The Bertz CT molecular complexity index is 766. The standard InChI is InChI=1S/C46H85NO/c1-4-6-8-10-12-14-16-18-20-22-24-26-28-30-32-34-37-43(41-46(48)44-39-36-40-45(42-44)47-3)38-35-33-31-29-27-25-23-21-19-17-15-13-11-9-7-5-2/h12,14,18-21,43-45,47H,4-11,13,15-17,22-42H2,1-3H3/b14-12-,20-18-,21-19-. The highest BCUT2D eigenvalue weighted by Gasteiger charge is 2.27. The van der Waals surface area contributed by atoms with Crippen LogP contribution in [0.3, 0.4) is 0 Å². The fourth-order valence-corrected chi connectivity index (χ4v) is 7.65. The molecule has 1 saturated carbocycles. The zero-order valence-electron chi connectivity index (χ0n) is 32.9. The fourth-order valence-electron chi connectivity index (χ4n) is 7.65. The van der Waals surface area contributed by atoms with E-state index in [1.165, 1.54) is 186 Å². The van der Waals surface area contributed by atoms with Gasteiger partial charge in [0.15, 0.2) is 0 Å². The molecule has 2 heteroatoms. The van der Waals surface area contributed by atoms with Gasteiger partial charge in [0, 0.05) is 18.4 Å². The number of hydrogen-bond donors (Lipinski definition) is 1. The van der Waals surface area contributed by atoms with Crippen LogP contribution >= 0.6 is 0 Å². The Balaban J connectivity index is 2.19. The first-order valence-corrected chi connectivity index (χ1v) is 21.9. The maximum Gasteiger partial charge on any atom is 0.136 e.